The van der Waals surface area contributed by atoms with E-state index in [2.05, 4.69) is 120 Å². The molecule has 0 aliphatic rings. The highest BCUT2D eigenvalue weighted by atomic mass is 28.2. The molecule has 0 aliphatic heterocycles. The van der Waals surface area contributed by atoms with Gasteiger partial charge in [-0.2, -0.15) is 0 Å². The van der Waals surface area contributed by atoms with Crippen molar-refractivity contribution in [2.75, 3.05) is 27.6 Å². The van der Waals surface area contributed by atoms with Gasteiger partial charge < -0.3 is 28.4 Å². The van der Waals surface area contributed by atoms with Crippen LogP contribution in [0.3, 0.4) is 0 Å². The van der Waals surface area contributed by atoms with E-state index in [1.807, 2.05) is 38.1 Å². The molecule has 4 rings (SSSR count). The Morgan fingerprint density at radius 3 is 1.10 bits per heavy atom. The first kappa shape index (κ1) is 55.9. The highest BCUT2D eigenvalue weighted by Crippen LogP contribution is 2.20. The summed E-state index contributed by atoms with van der Waals surface area (Å²) in [4.78, 5) is 0. The van der Waals surface area contributed by atoms with E-state index < -0.39 is 0 Å². The maximum absolute atomic E-state index is 5.79. The highest BCUT2D eigenvalue weighted by molar-refractivity contribution is 6.34. The van der Waals surface area contributed by atoms with Crippen LogP contribution in [0.1, 0.15) is 82.6 Å². The van der Waals surface area contributed by atoms with Gasteiger partial charge in [0.05, 0.1) is 6.61 Å². The van der Waals surface area contributed by atoms with E-state index >= 15 is 0 Å². The van der Waals surface area contributed by atoms with Gasteiger partial charge in [0.2, 0.25) is 0 Å². The summed E-state index contributed by atoms with van der Waals surface area (Å²) < 4.78 is 31.9. The van der Waals surface area contributed by atoms with E-state index in [1.54, 1.807) is 14.2 Å². The fourth-order valence-corrected chi connectivity index (χ4v) is 9.17. The quantitative estimate of drug-likeness (QED) is 0.0375. The van der Waals surface area contributed by atoms with Gasteiger partial charge in [0.15, 0.2) is 13.1 Å². The largest absolute Gasteiger partial charge is 0.494 e. The Morgan fingerprint density at radius 1 is 0.475 bits per heavy atom. The predicted molar refractivity (Wildman–Crippen MR) is 277 cm³/mol. The van der Waals surface area contributed by atoms with Crippen molar-refractivity contribution in [3.63, 3.8) is 0 Å². The average Bonchev–Trinajstić information content (AvgIpc) is 3.26. The molecule has 0 radical (unpaired) electrons. The lowest BCUT2D eigenvalue weighted by Gasteiger charge is -2.21. The maximum Gasteiger partial charge on any atom is 0.196 e. The van der Waals surface area contributed by atoms with Crippen LogP contribution in [-0.4, -0.2) is 77.6 Å². The number of ether oxygens (including phenoxy) is 6. The maximum atomic E-state index is 5.79. The van der Waals surface area contributed by atoms with Gasteiger partial charge in [0.1, 0.15) is 28.6 Å². The summed E-state index contributed by atoms with van der Waals surface area (Å²) in [6.45, 7) is 20.7. The number of rotatable bonds is 25. The molecular weight excluding hydrogens is 821 g/mol. The van der Waals surface area contributed by atoms with Crippen LogP contribution in [0.5, 0.6) is 23.0 Å². The number of hydrogen-bond acceptors (Lipinski definition) is 6. The third-order valence-corrected chi connectivity index (χ3v) is 14.5. The number of hydrogen-bond donors (Lipinski definition) is 0. The van der Waals surface area contributed by atoms with E-state index in [0.717, 1.165) is 29.6 Å². The highest BCUT2D eigenvalue weighted by Gasteiger charge is 2.11. The van der Waals surface area contributed by atoms with Gasteiger partial charge in [-0.25, -0.2) is 0 Å². The SMILES string of the molecule is CCOc1ccc(CCC[SiH2]C)cc1.COC(C)Oc1ccc(CCC[SiH2]C)cc1.COCOc1ccc(CCC[SiH2]C)cc1.C[SiH2]CCCc1ccc(OC(C)(C)C)cc1. The molecule has 1 atom stereocenters. The molecule has 4 aromatic carbocycles. The molecular formula is C51H86O6Si4. The van der Waals surface area contributed by atoms with Crippen LogP contribution in [0.25, 0.3) is 0 Å². The smallest absolute Gasteiger partial charge is 0.196 e. The number of methoxy groups -OCH3 is 2. The summed E-state index contributed by atoms with van der Waals surface area (Å²) in [5.41, 5.74) is 5.58. The molecule has 0 saturated heterocycles. The van der Waals surface area contributed by atoms with Gasteiger partial charge in [-0.15, -0.1) is 0 Å². The van der Waals surface area contributed by atoms with Gasteiger partial charge >= 0.3 is 0 Å². The molecule has 0 fully saturated rings. The minimum Gasteiger partial charge on any atom is -0.494 e. The Morgan fingerprint density at radius 2 is 0.803 bits per heavy atom. The van der Waals surface area contributed by atoms with E-state index in [-0.39, 0.29) is 50.0 Å². The van der Waals surface area contributed by atoms with Crippen LogP contribution in [0.15, 0.2) is 97.1 Å². The monoisotopic (exact) mass is 907 g/mol. The van der Waals surface area contributed by atoms with Crippen LogP contribution in [0.2, 0.25) is 50.4 Å². The van der Waals surface area contributed by atoms with Crippen molar-refractivity contribution in [3.05, 3.63) is 119 Å². The van der Waals surface area contributed by atoms with E-state index in [1.165, 1.54) is 97.8 Å². The summed E-state index contributed by atoms with van der Waals surface area (Å²) in [5, 5.41) is 0. The van der Waals surface area contributed by atoms with E-state index in [0.29, 0.717) is 6.79 Å². The summed E-state index contributed by atoms with van der Waals surface area (Å²) >= 11 is 0. The zero-order chi connectivity index (χ0) is 45.0. The van der Waals surface area contributed by atoms with Crippen molar-refractivity contribution in [2.45, 2.75) is 148 Å². The fraction of sp³-hybridized carbons (Fsp3) is 0.529. The first-order chi connectivity index (χ1) is 29.5. The van der Waals surface area contributed by atoms with Crippen LogP contribution >= 0.6 is 0 Å². The normalized spacial score (nSPS) is 11.9. The Labute approximate surface area is 382 Å². The molecule has 0 saturated carbocycles. The van der Waals surface area contributed by atoms with Gasteiger partial charge in [-0.3, -0.25) is 0 Å². The molecule has 6 nitrogen and oxygen atoms in total. The zero-order valence-electron chi connectivity index (χ0n) is 40.5. The number of aryl methyl sites for hydroxylation is 4. The van der Waals surface area contributed by atoms with Crippen molar-refractivity contribution in [1.29, 1.82) is 0 Å². The second-order valence-electron chi connectivity index (χ2n) is 16.5. The summed E-state index contributed by atoms with van der Waals surface area (Å²) in [6.07, 6.45) is 10.0. The Balaban J connectivity index is 0.000000407. The van der Waals surface area contributed by atoms with Crippen molar-refractivity contribution in [3.8, 4) is 23.0 Å². The summed E-state index contributed by atoms with van der Waals surface area (Å²) in [5.74, 6) is 3.72. The van der Waals surface area contributed by atoms with Crippen LogP contribution in [0, 0.1) is 0 Å². The lowest BCUT2D eigenvalue weighted by molar-refractivity contribution is -0.0382. The predicted octanol–water partition coefficient (Wildman–Crippen LogP) is 10.9. The Kier molecular flexibility index (Phi) is 33.3. The minimum absolute atomic E-state index is 0.102. The fourth-order valence-electron chi connectivity index (χ4n) is 6.17. The van der Waals surface area contributed by atoms with Gasteiger partial charge in [0.25, 0.3) is 0 Å². The third kappa shape index (κ3) is 30.5. The second-order valence-corrected chi connectivity index (χ2v) is 23.4. The van der Waals surface area contributed by atoms with Crippen LogP contribution in [0.4, 0.5) is 0 Å². The van der Waals surface area contributed by atoms with E-state index in [9.17, 15) is 0 Å². The summed E-state index contributed by atoms with van der Waals surface area (Å²) in [7, 11) is 4.24. The lowest BCUT2D eigenvalue weighted by atomic mass is 10.1. The van der Waals surface area contributed by atoms with E-state index in [4.69, 9.17) is 28.4 Å². The Hall–Kier alpha value is -3.13. The zero-order valence-corrected chi connectivity index (χ0v) is 46.1. The first-order valence-electron chi connectivity index (χ1n) is 23.5. The molecule has 0 bridgehead atoms. The van der Waals surface area contributed by atoms with Crippen molar-refractivity contribution in [2.24, 2.45) is 0 Å². The molecule has 0 amide bonds. The van der Waals surface area contributed by atoms with Gasteiger partial charge in [-0.1, -0.05) is 125 Å². The second kappa shape index (κ2) is 36.4. The molecule has 0 aliphatic carbocycles. The molecule has 10 heteroatoms. The van der Waals surface area contributed by atoms with Crippen molar-refractivity contribution >= 4 is 38.1 Å². The van der Waals surface area contributed by atoms with Crippen molar-refractivity contribution < 1.29 is 28.4 Å². The molecule has 1 unspecified atom stereocenters. The summed E-state index contributed by atoms with van der Waals surface area (Å²) in [6, 6.07) is 39.5. The van der Waals surface area contributed by atoms with Gasteiger partial charge in [-0.05, 0) is 131 Å². The molecule has 0 heterocycles. The minimum atomic E-state index is -0.183. The lowest BCUT2D eigenvalue weighted by Crippen LogP contribution is -2.22. The van der Waals surface area contributed by atoms with Crippen LogP contribution < -0.4 is 18.9 Å². The Bertz CT molecular complexity index is 1560. The standard InChI is InChI=1S/C14H24OSi.C13H22O2Si.C12H20O2Si.C12H20OSi/c1-14(2,3)15-13-9-7-12(8-10-13)6-5-11-16-4;1-11(14-2)15-13-8-6-12(7-9-13)5-4-10-16-3;1-13-10-14-12-7-5-11(6-8-12)4-3-9-15-2;1-3-13-12-8-6-11(7-9-12)5-4-10-14-2/h7-10H,5-6,11,16H2,1-4H3;6-9,11H,4-5,10,16H2,1-3H3;5-8H,3-4,9-10,15H2,1-2H3;6-9H,3-5,10,14H2,1-2H3. The average molecular weight is 908 g/mol. The molecule has 61 heavy (non-hydrogen) atoms. The van der Waals surface area contributed by atoms with Crippen LogP contribution in [-0.2, 0) is 35.2 Å². The molecule has 0 aromatic heterocycles. The molecule has 4 aromatic rings. The van der Waals surface area contributed by atoms with Gasteiger partial charge in [0, 0.05) is 52.3 Å². The molecule has 0 spiro atoms. The molecule has 0 N–H and O–H groups in total. The topological polar surface area (TPSA) is 55.4 Å². The third-order valence-electron chi connectivity index (χ3n) is 9.68. The first-order valence-corrected chi connectivity index (χ1v) is 33.1. The van der Waals surface area contributed by atoms with Crippen molar-refractivity contribution in [1.82, 2.24) is 0 Å². The molecule has 342 valence electrons. The number of benzene rings is 4.